The van der Waals surface area contributed by atoms with Gasteiger partial charge in [0.05, 0.1) is 0 Å². The molecule has 0 radical (unpaired) electrons. The molecule has 2 N–H and O–H groups in total. The van der Waals surface area contributed by atoms with E-state index in [4.69, 9.17) is 0 Å². The van der Waals surface area contributed by atoms with Crippen LogP contribution in [-0.2, 0) is 6.42 Å². The Bertz CT molecular complexity index is 273. The maximum Gasteiger partial charge on any atom is 0.0285 e. The van der Waals surface area contributed by atoms with E-state index in [1.165, 1.54) is 9.35 Å². The highest BCUT2D eigenvalue weighted by molar-refractivity contribution is 9.10. The molecule has 1 aromatic rings. The van der Waals surface area contributed by atoms with Crippen LogP contribution in [0.5, 0.6) is 0 Å². The van der Waals surface area contributed by atoms with Crippen molar-refractivity contribution < 1.29 is 0 Å². The molecular formula is C11H19BrN2S. The van der Waals surface area contributed by atoms with Crippen molar-refractivity contribution in [3.8, 4) is 0 Å². The molecule has 0 aliphatic heterocycles. The fraction of sp³-hybridized carbons (Fsp3) is 0.636. The van der Waals surface area contributed by atoms with Crippen molar-refractivity contribution in [1.29, 1.82) is 0 Å². The third kappa shape index (κ3) is 6.30. The standard InChI is InChI=1S/C11H19BrN2S/c1-9(2)14-6-5-13-4-3-11-7-10(12)8-15-11/h7-9,13-14H,3-6H2,1-2H3. The normalized spacial score (nSPS) is 11.2. The molecule has 0 aromatic carbocycles. The van der Waals surface area contributed by atoms with E-state index in [-0.39, 0.29) is 0 Å². The Kier molecular flexibility index (Phi) is 6.48. The molecule has 0 fully saturated rings. The summed E-state index contributed by atoms with van der Waals surface area (Å²) in [4.78, 5) is 1.44. The minimum Gasteiger partial charge on any atom is -0.315 e. The first-order valence-electron chi connectivity index (χ1n) is 5.35. The summed E-state index contributed by atoms with van der Waals surface area (Å²) in [5.41, 5.74) is 0. The van der Waals surface area contributed by atoms with E-state index in [2.05, 4.69) is 51.9 Å². The van der Waals surface area contributed by atoms with Gasteiger partial charge in [-0.05, 0) is 28.4 Å². The molecule has 0 aliphatic rings. The van der Waals surface area contributed by atoms with E-state index in [9.17, 15) is 0 Å². The van der Waals surface area contributed by atoms with Crippen LogP contribution in [0.2, 0.25) is 0 Å². The lowest BCUT2D eigenvalue weighted by molar-refractivity contribution is 0.557. The van der Waals surface area contributed by atoms with Crippen molar-refractivity contribution in [1.82, 2.24) is 10.6 Å². The minimum absolute atomic E-state index is 0.583. The van der Waals surface area contributed by atoms with Gasteiger partial charge in [0, 0.05) is 40.4 Å². The molecule has 1 aromatic heterocycles. The van der Waals surface area contributed by atoms with Crippen molar-refractivity contribution >= 4 is 27.3 Å². The molecule has 0 saturated heterocycles. The Morgan fingerprint density at radius 2 is 2.13 bits per heavy atom. The first-order chi connectivity index (χ1) is 7.18. The smallest absolute Gasteiger partial charge is 0.0285 e. The van der Waals surface area contributed by atoms with Gasteiger partial charge in [0.1, 0.15) is 0 Å². The summed E-state index contributed by atoms with van der Waals surface area (Å²) in [7, 11) is 0. The topological polar surface area (TPSA) is 24.1 Å². The van der Waals surface area contributed by atoms with Gasteiger partial charge in [0.25, 0.3) is 0 Å². The van der Waals surface area contributed by atoms with Crippen molar-refractivity contribution in [2.45, 2.75) is 26.3 Å². The SMILES string of the molecule is CC(C)NCCNCCc1cc(Br)cs1. The summed E-state index contributed by atoms with van der Waals surface area (Å²) in [5.74, 6) is 0. The number of nitrogens with one attached hydrogen (secondary N) is 2. The van der Waals surface area contributed by atoms with Gasteiger partial charge in [-0.1, -0.05) is 13.8 Å². The van der Waals surface area contributed by atoms with Crippen LogP contribution in [0.4, 0.5) is 0 Å². The third-order valence-electron chi connectivity index (χ3n) is 2.02. The van der Waals surface area contributed by atoms with E-state index in [0.29, 0.717) is 6.04 Å². The largest absolute Gasteiger partial charge is 0.315 e. The summed E-state index contributed by atoms with van der Waals surface area (Å²) < 4.78 is 1.20. The van der Waals surface area contributed by atoms with Gasteiger partial charge in [0.2, 0.25) is 0 Å². The second-order valence-corrected chi connectivity index (χ2v) is 5.75. The summed E-state index contributed by atoms with van der Waals surface area (Å²) >= 11 is 5.28. The Morgan fingerprint density at radius 1 is 1.33 bits per heavy atom. The molecule has 0 amide bonds. The average molecular weight is 291 g/mol. The summed E-state index contributed by atoms with van der Waals surface area (Å²) in [6, 6.07) is 2.78. The molecule has 15 heavy (non-hydrogen) atoms. The van der Waals surface area contributed by atoms with Crippen LogP contribution >= 0.6 is 27.3 Å². The molecule has 0 bridgehead atoms. The van der Waals surface area contributed by atoms with Crippen LogP contribution in [0, 0.1) is 0 Å². The number of hydrogen-bond acceptors (Lipinski definition) is 3. The van der Waals surface area contributed by atoms with Crippen molar-refractivity contribution in [2.24, 2.45) is 0 Å². The molecule has 0 atom stereocenters. The fourth-order valence-corrected chi connectivity index (χ4v) is 2.73. The van der Waals surface area contributed by atoms with E-state index < -0.39 is 0 Å². The molecule has 4 heteroatoms. The summed E-state index contributed by atoms with van der Waals surface area (Å²) in [6.45, 7) is 7.50. The number of halogens is 1. The van der Waals surface area contributed by atoms with Crippen LogP contribution < -0.4 is 10.6 Å². The molecule has 0 spiro atoms. The average Bonchev–Trinajstić information content (AvgIpc) is 2.57. The summed E-state index contributed by atoms with van der Waals surface area (Å²) in [6.07, 6.45) is 1.12. The first kappa shape index (κ1) is 13.2. The lowest BCUT2D eigenvalue weighted by Crippen LogP contribution is -2.32. The Labute approximate surface area is 105 Å². The third-order valence-corrected chi connectivity index (χ3v) is 3.78. The van der Waals surface area contributed by atoms with E-state index in [1.54, 1.807) is 0 Å². The molecular weight excluding hydrogens is 272 g/mol. The zero-order chi connectivity index (χ0) is 11.1. The van der Waals surface area contributed by atoms with Crippen LogP contribution in [0.25, 0.3) is 0 Å². The predicted octanol–water partition coefficient (Wildman–Crippen LogP) is 2.64. The lowest BCUT2D eigenvalue weighted by Gasteiger charge is -2.08. The molecule has 1 heterocycles. The van der Waals surface area contributed by atoms with Gasteiger partial charge in [-0.25, -0.2) is 0 Å². The minimum atomic E-state index is 0.583. The summed E-state index contributed by atoms with van der Waals surface area (Å²) in [5, 5.41) is 8.94. The number of rotatable bonds is 7. The number of thiophene rings is 1. The lowest BCUT2D eigenvalue weighted by atomic mass is 10.3. The molecule has 0 saturated carbocycles. The van der Waals surface area contributed by atoms with Crippen molar-refractivity contribution in [2.75, 3.05) is 19.6 Å². The van der Waals surface area contributed by atoms with Gasteiger partial charge in [-0.3, -0.25) is 0 Å². The highest BCUT2D eigenvalue weighted by Gasteiger charge is 1.97. The maximum absolute atomic E-state index is 3.46. The first-order valence-corrected chi connectivity index (χ1v) is 7.03. The zero-order valence-corrected chi connectivity index (χ0v) is 11.7. The molecule has 0 aliphatic carbocycles. The van der Waals surface area contributed by atoms with E-state index in [1.807, 2.05) is 11.3 Å². The predicted molar refractivity (Wildman–Crippen MR) is 71.7 cm³/mol. The van der Waals surface area contributed by atoms with Gasteiger partial charge < -0.3 is 10.6 Å². The van der Waals surface area contributed by atoms with Crippen LogP contribution in [0.3, 0.4) is 0 Å². The van der Waals surface area contributed by atoms with Gasteiger partial charge in [-0.2, -0.15) is 0 Å². The highest BCUT2D eigenvalue weighted by atomic mass is 79.9. The van der Waals surface area contributed by atoms with Crippen molar-refractivity contribution in [3.05, 3.63) is 20.8 Å². The Balaban J connectivity index is 1.98. The van der Waals surface area contributed by atoms with Gasteiger partial charge >= 0.3 is 0 Å². The van der Waals surface area contributed by atoms with Crippen LogP contribution in [0.1, 0.15) is 18.7 Å². The maximum atomic E-state index is 3.46. The van der Waals surface area contributed by atoms with Crippen molar-refractivity contribution in [3.63, 3.8) is 0 Å². The van der Waals surface area contributed by atoms with E-state index in [0.717, 1.165) is 26.1 Å². The second kappa shape index (κ2) is 7.39. The zero-order valence-electron chi connectivity index (χ0n) is 9.35. The Morgan fingerprint density at radius 3 is 2.73 bits per heavy atom. The molecule has 2 nitrogen and oxygen atoms in total. The van der Waals surface area contributed by atoms with Gasteiger partial charge in [-0.15, -0.1) is 11.3 Å². The van der Waals surface area contributed by atoms with Crippen LogP contribution in [0.15, 0.2) is 15.9 Å². The molecule has 0 unspecified atom stereocenters. The van der Waals surface area contributed by atoms with E-state index >= 15 is 0 Å². The molecule has 1 rings (SSSR count). The monoisotopic (exact) mass is 290 g/mol. The fourth-order valence-electron chi connectivity index (χ4n) is 1.27. The molecule has 86 valence electrons. The second-order valence-electron chi connectivity index (χ2n) is 3.84. The Hall–Kier alpha value is 0.1000. The highest BCUT2D eigenvalue weighted by Crippen LogP contribution is 2.19. The van der Waals surface area contributed by atoms with Gasteiger partial charge in [0.15, 0.2) is 0 Å². The quantitative estimate of drug-likeness (QED) is 0.755. The number of hydrogen-bond donors (Lipinski definition) is 2. The van der Waals surface area contributed by atoms with Crippen LogP contribution in [-0.4, -0.2) is 25.7 Å².